The maximum absolute atomic E-state index is 4.49. The molecule has 0 aliphatic carbocycles. The number of hydrogen-bond acceptors (Lipinski definition) is 2. The molecule has 2 N–H and O–H groups in total. The van der Waals surface area contributed by atoms with Gasteiger partial charge in [0, 0.05) is 38.6 Å². The molecule has 0 saturated heterocycles. The van der Waals surface area contributed by atoms with E-state index in [4.69, 9.17) is 0 Å². The van der Waals surface area contributed by atoms with E-state index in [1.807, 2.05) is 17.1 Å². The number of nitrogens with one attached hydrogen (secondary N) is 2. The van der Waals surface area contributed by atoms with Crippen molar-refractivity contribution in [2.24, 2.45) is 4.99 Å². The molecule has 0 amide bonds. The predicted octanol–water partition coefficient (Wildman–Crippen LogP) is 1.86. The van der Waals surface area contributed by atoms with E-state index in [1.165, 1.54) is 6.42 Å². The summed E-state index contributed by atoms with van der Waals surface area (Å²) in [5.41, 5.74) is 0. The van der Waals surface area contributed by atoms with Crippen molar-refractivity contribution in [3.05, 3.63) is 18.7 Å². The summed E-state index contributed by atoms with van der Waals surface area (Å²) in [5, 5.41) is 6.54. The van der Waals surface area contributed by atoms with E-state index in [-0.39, 0.29) is 24.0 Å². The van der Waals surface area contributed by atoms with Crippen LogP contribution in [0.3, 0.4) is 0 Å². The Labute approximate surface area is 126 Å². The fraction of sp³-hybridized carbons (Fsp3) is 0.667. The lowest BCUT2D eigenvalue weighted by molar-refractivity contribution is 0.660. The Kier molecular flexibility index (Phi) is 10.8. The van der Waals surface area contributed by atoms with Crippen molar-refractivity contribution in [2.45, 2.75) is 33.2 Å². The number of halogens is 1. The fourth-order valence-corrected chi connectivity index (χ4v) is 1.41. The van der Waals surface area contributed by atoms with Crippen molar-refractivity contribution in [3.63, 3.8) is 0 Å². The number of hydrogen-bond donors (Lipinski definition) is 2. The smallest absolute Gasteiger partial charge is 0.191 e. The van der Waals surface area contributed by atoms with Gasteiger partial charge in [-0.2, -0.15) is 0 Å². The van der Waals surface area contributed by atoms with Crippen LogP contribution in [0.25, 0.3) is 0 Å². The van der Waals surface area contributed by atoms with Crippen LogP contribution < -0.4 is 10.6 Å². The van der Waals surface area contributed by atoms with E-state index in [1.54, 1.807) is 6.20 Å². The molecule has 18 heavy (non-hydrogen) atoms. The predicted molar refractivity (Wildman–Crippen MR) is 86.5 cm³/mol. The van der Waals surface area contributed by atoms with Crippen LogP contribution >= 0.6 is 24.0 Å². The van der Waals surface area contributed by atoms with Gasteiger partial charge >= 0.3 is 0 Å². The van der Waals surface area contributed by atoms with Gasteiger partial charge < -0.3 is 15.2 Å². The fourth-order valence-electron chi connectivity index (χ4n) is 1.41. The lowest BCUT2D eigenvalue weighted by Gasteiger charge is -2.11. The molecule has 1 rings (SSSR count). The van der Waals surface area contributed by atoms with E-state index in [0.717, 1.165) is 38.6 Å². The van der Waals surface area contributed by atoms with E-state index in [2.05, 4.69) is 34.5 Å². The lowest BCUT2D eigenvalue weighted by Crippen LogP contribution is -2.38. The molecule has 104 valence electrons. The number of unbranched alkanes of at least 4 members (excludes halogenated alkanes) is 1. The summed E-state index contributed by atoms with van der Waals surface area (Å²) in [6.45, 7) is 7.79. The second kappa shape index (κ2) is 11.3. The molecule has 6 heteroatoms. The Balaban J connectivity index is 0.00000289. The van der Waals surface area contributed by atoms with E-state index >= 15 is 0 Å². The zero-order valence-electron chi connectivity index (χ0n) is 11.2. The van der Waals surface area contributed by atoms with Crippen LogP contribution in [0.5, 0.6) is 0 Å². The minimum Gasteiger partial charge on any atom is -0.357 e. The topological polar surface area (TPSA) is 54.2 Å². The largest absolute Gasteiger partial charge is 0.357 e. The van der Waals surface area contributed by atoms with Crippen LogP contribution in [0, 0.1) is 0 Å². The van der Waals surface area contributed by atoms with Gasteiger partial charge in [0.2, 0.25) is 0 Å². The molecule has 1 heterocycles. The maximum atomic E-state index is 4.49. The van der Waals surface area contributed by atoms with Gasteiger partial charge in [-0.25, -0.2) is 4.98 Å². The molecule has 1 aromatic heterocycles. The highest BCUT2D eigenvalue weighted by Crippen LogP contribution is 1.87. The third kappa shape index (κ3) is 7.52. The van der Waals surface area contributed by atoms with Gasteiger partial charge in [-0.1, -0.05) is 13.3 Å². The van der Waals surface area contributed by atoms with E-state index in [0.29, 0.717) is 0 Å². The highest BCUT2D eigenvalue weighted by atomic mass is 127. The molecule has 0 bridgehead atoms. The number of aromatic nitrogens is 2. The van der Waals surface area contributed by atoms with Crippen LogP contribution in [-0.4, -0.2) is 35.1 Å². The molecule has 0 aliphatic heterocycles. The van der Waals surface area contributed by atoms with Crippen molar-refractivity contribution >= 4 is 29.9 Å². The Morgan fingerprint density at radius 3 is 2.78 bits per heavy atom. The SMILES string of the molecule is CCCCN=C(NCC)NCCn1ccnc1.I. The van der Waals surface area contributed by atoms with Crippen LogP contribution in [0.1, 0.15) is 26.7 Å². The summed E-state index contributed by atoms with van der Waals surface area (Å²) in [4.78, 5) is 8.50. The number of aliphatic imine (C=N–C) groups is 1. The molecule has 0 radical (unpaired) electrons. The van der Waals surface area contributed by atoms with E-state index < -0.39 is 0 Å². The van der Waals surface area contributed by atoms with E-state index in [9.17, 15) is 0 Å². The van der Waals surface area contributed by atoms with Crippen LogP contribution in [0.2, 0.25) is 0 Å². The Bertz CT molecular complexity index is 310. The molecule has 0 fully saturated rings. The molecular weight excluding hydrogens is 341 g/mol. The third-order valence-electron chi connectivity index (χ3n) is 2.35. The van der Waals surface area contributed by atoms with Gasteiger partial charge in [0.15, 0.2) is 5.96 Å². The van der Waals surface area contributed by atoms with Crippen LogP contribution in [-0.2, 0) is 6.54 Å². The molecule has 0 aliphatic rings. The van der Waals surface area contributed by atoms with Crippen molar-refractivity contribution in [3.8, 4) is 0 Å². The Morgan fingerprint density at radius 2 is 2.17 bits per heavy atom. The summed E-state index contributed by atoms with van der Waals surface area (Å²) in [6.07, 6.45) is 7.89. The quantitative estimate of drug-likeness (QED) is 0.336. The minimum atomic E-state index is 0. The molecular formula is C12H24IN5. The van der Waals surface area contributed by atoms with Gasteiger partial charge in [0.1, 0.15) is 0 Å². The van der Waals surface area contributed by atoms with Gasteiger partial charge in [0.05, 0.1) is 6.33 Å². The number of rotatable bonds is 7. The molecule has 5 nitrogen and oxygen atoms in total. The highest BCUT2D eigenvalue weighted by molar-refractivity contribution is 14.0. The zero-order valence-corrected chi connectivity index (χ0v) is 13.6. The highest BCUT2D eigenvalue weighted by Gasteiger charge is 1.96. The van der Waals surface area contributed by atoms with Gasteiger partial charge in [0.25, 0.3) is 0 Å². The third-order valence-corrected chi connectivity index (χ3v) is 2.35. The van der Waals surface area contributed by atoms with Crippen molar-refractivity contribution in [1.29, 1.82) is 0 Å². The van der Waals surface area contributed by atoms with Crippen molar-refractivity contribution < 1.29 is 0 Å². The summed E-state index contributed by atoms with van der Waals surface area (Å²) >= 11 is 0. The first-order valence-electron chi connectivity index (χ1n) is 6.34. The van der Waals surface area contributed by atoms with Gasteiger partial charge in [-0.3, -0.25) is 4.99 Å². The van der Waals surface area contributed by atoms with Crippen molar-refractivity contribution in [1.82, 2.24) is 20.2 Å². The molecule has 0 saturated carbocycles. The van der Waals surface area contributed by atoms with Crippen LogP contribution in [0.15, 0.2) is 23.7 Å². The Morgan fingerprint density at radius 1 is 1.33 bits per heavy atom. The van der Waals surface area contributed by atoms with Crippen molar-refractivity contribution in [2.75, 3.05) is 19.6 Å². The monoisotopic (exact) mass is 365 g/mol. The Hall–Kier alpha value is -0.790. The standard InChI is InChI=1S/C12H23N5.HI/c1-3-5-6-15-12(14-4-2)16-8-10-17-9-7-13-11-17;/h7,9,11H,3-6,8,10H2,1-2H3,(H2,14,15,16);1H. The average Bonchev–Trinajstić information content (AvgIpc) is 2.82. The first-order valence-corrected chi connectivity index (χ1v) is 6.34. The second-order valence-corrected chi connectivity index (χ2v) is 3.84. The molecule has 0 aromatic carbocycles. The second-order valence-electron chi connectivity index (χ2n) is 3.84. The van der Waals surface area contributed by atoms with Gasteiger partial charge in [-0.15, -0.1) is 24.0 Å². The molecule has 1 aromatic rings. The van der Waals surface area contributed by atoms with Gasteiger partial charge in [-0.05, 0) is 13.3 Å². The van der Waals surface area contributed by atoms with Crippen LogP contribution in [0.4, 0.5) is 0 Å². The summed E-state index contributed by atoms with van der Waals surface area (Å²) in [7, 11) is 0. The average molecular weight is 365 g/mol. The maximum Gasteiger partial charge on any atom is 0.191 e. The molecule has 0 spiro atoms. The summed E-state index contributed by atoms with van der Waals surface area (Å²) in [6, 6.07) is 0. The lowest BCUT2D eigenvalue weighted by atomic mass is 10.3. The number of imidazole rings is 1. The first kappa shape index (κ1) is 17.2. The first-order chi connectivity index (χ1) is 8.36. The number of nitrogens with zero attached hydrogens (tertiary/aromatic N) is 3. The number of guanidine groups is 1. The molecule has 0 atom stereocenters. The normalized spacial score (nSPS) is 10.9. The zero-order chi connectivity index (χ0) is 12.3. The summed E-state index contributed by atoms with van der Waals surface area (Å²) < 4.78 is 2.04. The minimum absolute atomic E-state index is 0. The molecule has 0 unspecified atom stereocenters. The summed E-state index contributed by atoms with van der Waals surface area (Å²) in [5.74, 6) is 0.904.